The van der Waals surface area contributed by atoms with Crippen LogP contribution in [0.5, 0.6) is 5.75 Å². The highest BCUT2D eigenvalue weighted by molar-refractivity contribution is 6.02. The molecule has 0 radical (unpaired) electrons. The van der Waals surface area contributed by atoms with Gasteiger partial charge in [-0.3, -0.25) is 9.59 Å². The lowest BCUT2D eigenvalue weighted by Crippen LogP contribution is -2.47. The number of nitrogens with one attached hydrogen (secondary N) is 2. The zero-order valence-corrected chi connectivity index (χ0v) is 18.2. The molecule has 2 N–H and O–H groups in total. The highest BCUT2D eigenvalue weighted by atomic mass is 19.1. The molecule has 2 atom stereocenters. The third-order valence-corrected chi connectivity index (χ3v) is 5.27. The molecule has 2 unspecified atom stereocenters. The molecular weight excluding hydrogens is 418 g/mol. The second kappa shape index (κ2) is 11.0. The minimum atomic E-state index is -1.02. The van der Waals surface area contributed by atoms with Crippen LogP contribution in [0.4, 0.5) is 14.5 Å². The maximum atomic E-state index is 14.0. The van der Waals surface area contributed by atoms with Gasteiger partial charge in [0, 0.05) is 6.61 Å². The molecule has 0 saturated carbocycles. The Hall–Kier alpha value is -3.00. The monoisotopic (exact) mass is 446 g/mol. The molecule has 1 saturated heterocycles. The van der Waals surface area contributed by atoms with Gasteiger partial charge >= 0.3 is 0 Å². The van der Waals surface area contributed by atoms with Crippen molar-refractivity contribution in [3.63, 3.8) is 0 Å². The Balaban J connectivity index is 1.69. The van der Waals surface area contributed by atoms with Gasteiger partial charge in [0.2, 0.25) is 5.91 Å². The zero-order valence-electron chi connectivity index (χ0n) is 18.2. The second-order valence-electron chi connectivity index (χ2n) is 8.08. The lowest BCUT2D eigenvalue weighted by molar-refractivity contribution is -0.118. The van der Waals surface area contributed by atoms with Crippen LogP contribution in [0.2, 0.25) is 0 Å². The van der Waals surface area contributed by atoms with Gasteiger partial charge in [0.25, 0.3) is 5.91 Å². The molecule has 0 aromatic heterocycles. The Morgan fingerprint density at radius 2 is 1.81 bits per heavy atom. The maximum absolute atomic E-state index is 14.0. The first-order valence-electron chi connectivity index (χ1n) is 10.8. The van der Waals surface area contributed by atoms with E-state index in [2.05, 4.69) is 10.6 Å². The quantitative estimate of drug-likeness (QED) is 0.634. The highest BCUT2D eigenvalue weighted by Crippen LogP contribution is 2.26. The number of para-hydroxylation sites is 2. The topological polar surface area (TPSA) is 76.7 Å². The fourth-order valence-corrected chi connectivity index (χ4v) is 3.49. The van der Waals surface area contributed by atoms with Crippen LogP contribution in [0, 0.1) is 17.6 Å². The normalized spacial score (nSPS) is 17.0. The van der Waals surface area contributed by atoms with Crippen LogP contribution < -0.4 is 15.4 Å². The van der Waals surface area contributed by atoms with E-state index in [9.17, 15) is 18.4 Å². The van der Waals surface area contributed by atoms with Crippen molar-refractivity contribution in [2.24, 2.45) is 5.92 Å². The SMILES string of the molecule is CC(C)C(NC(=O)c1c(F)cccc1F)C(=O)Nc1ccccc1OCC1CCCCO1. The van der Waals surface area contributed by atoms with Crippen molar-refractivity contribution in [1.82, 2.24) is 5.32 Å². The van der Waals surface area contributed by atoms with E-state index in [4.69, 9.17) is 9.47 Å². The first kappa shape index (κ1) is 23.7. The Kier molecular flexibility index (Phi) is 8.16. The average Bonchev–Trinajstić information content (AvgIpc) is 2.77. The number of halogens is 2. The van der Waals surface area contributed by atoms with Gasteiger partial charge in [-0.1, -0.05) is 32.0 Å². The summed E-state index contributed by atoms with van der Waals surface area (Å²) in [5.74, 6) is -3.35. The first-order valence-corrected chi connectivity index (χ1v) is 10.8. The van der Waals surface area contributed by atoms with Crippen molar-refractivity contribution >= 4 is 17.5 Å². The summed E-state index contributed by atoms with van der Waals surface area (Å²) in [4.78, 5) is 25.4. The van der Waals surface area contributed by atoms with E-state index in [1.807, 2.05) is 0 Å². The van der Waals surface area contributed by atoms with E-state index in [1.165, 1.54) is 6.07 Å². The minimum Gasteiger partial charge on any atom is -0.489 e. The van der Waals surface area contributed by atoms with Gasteiger partial charge in [-0.2, -0.15) is 0 Å². The summed E-state index contributed by atoms with van der Waals surface area (Å²) in [5, 5.41) is 5.20. The summed E-state index contributed by atoms with van der Waals surface area (Å²) in [7, 11) is 0. The second-order valence-corrected chi connectivity index (χ2v) is 8.08. The molecule has 1 fully saturated rings. The van der Waals surface area contributed by atoms with Gasteiger partial charge in [-0.25, -0.2) is 8.78 Å². The summed E-state index contributed by atoms with van der Waals surface area (Å²) in [5.41, 5.74) is -0.285. The molecule has 0 bridgehead atoms. The van der Waals surface area contributed by atoms with E-state index >= 15 is 0 Å². The number of hydrogen-bond donors (Lipinski definition) is 2. The molecule has 2 amide bonds. The van der Waals surface area contributed by atoms with Crippen molar-refractivity contribution in [2.75, 3.05) is 18.5 Å². The fourth-order valence-electron chi connectivity index (χ4n) is 3.49. The van der Waals surface area contributed by atoms with Gasteiger partial charge in [-0.15, -0.1) is 0 Å². The molecule has 172 valence electrons. The van der Waals surface area contributed by atoms with Crippen LogP contribution in [-0.4, -0.2) is 37.2 Å². The number of anilines is 1. The molecule has 1 aliphatic heterocycles. The highest BCUT2D eigenvalue weighted by Gasteiger charge is 2.28. The van der Waals surface area contributed by atoms with Crippen LogP contribution in [0.15, 0.2) is 42.5 Å². The summed E-state index contributed by atoms with van der Waals surface area (Å²) >= 11 is 0. The minimum absolute atomic E-state index is 0.00544. The molecule has 3 rings (SSSR count). The number of hydrogen-bond acceptors (Lipinski definition) is 4. The van der Waals surface area contributed by atoms with Crippen LogP contribution in [0.3, 0.4) is 0 Å². The maximum Gasteiger partial charge on any atom is 0.257 e. The van der Waals surface area contributed by atoms with Crippen molar-refractivity contribution in [3.8, 4) is 5.75 Å². The van der Waals surface area contributed by atoms with Crippen molar-refractivity contribution in [3.05, 3.63) is 59.7 Å². The first-order chi connectivity index (χ1) is 15.4. The van der Waals surface area contributed by atoms with Crippen LogP contribution in [0.1, 0.15) is 43.5 Å². The van der Waals surface area contributed by atoms with Crippen molar-refractivity contribution in [1.29, 1.82) is 0 Å². The smallest absolute Gasteiger partial charge is 0.257 e. The Bertz CT molecular complexity index is 925. The third-order valence-electron chi connectivity index (χ3n) is 5.27. The van der Waals surface area contributed by atoms with E-state index in [0.717, 1.165) is 31.4 Å². The van der Waals surface area contributed by atoms with Crippen molar-refractivity contribution in [2.45, 2.75) is 45.3 Å². The van der Waals surface area contributed by atoms with Gasteiger partial charge in [0.1, 0.15) is 35.6 Å². The lowest BCUT2D eigenvalue weighted by Gasteiger charge is -2.24. The van der Waals surface area contributed by atoms with E-state index < -0.39 is 35.1 Å². The third kappa shape index (κ3) is 6.03. The number of ether oxygens (including phenoxy) is 2. The summed E-state index contributed by atoms with van der Waals surface area (Å²) < 4.78 is 39.5. The van der Waals surface area contributed by atoms with Crippen LogP contribution >= 0.6 is 0 Å². The number of rotatable bonds is 8. The molecule has 1 heterocycles. The van der Waals surface area contributed by atoms with Crippen molar-refractivity contribution < 1.29 is 27.8 Å². The summed E-state index contributed by atoms with van der Waals surface area (Å²) in [6.07, 6.45) is 3.06. The van der Waals surface area contributed by atoms with Crippen LogP contribution in [-0.2, 0) is 9.53 Å². The van der Waals surface area contributed by atoms with Gasteiger partial charge < -0.3 is 20.1 Å². The summed E-state index contributed by atoms with van der Waals surface area (Å²) in [6, 6.07) is 9.09. The van der Waals surface area contributed by atoms with Gasteiger partial charge in [0.15, 0.2) is 0 Å². The van der Waals surface area contributed by atoms with E-state index in [0.29, 0.717) is 24.7 Å². The largest absolute Gasteiger partial charge is 0.489 e. The molecule has 6 nitrogen and oxygen atoms in total. The molecule has 2 aromatic rings. The van der Waals surface area contributed by atoms with Crippen LogP contribution in [0.25, 0.3) is 0 Å². The Morgan fingerprint density at radius 3 is 2.47 bits per heavy atom. The zero-order chi connectivity index (χ0) is 23.1. The fraction of sp³-hybridized carbons (Fsp3) is 0.417. The molecule has 0 aliphatic carbocycles. The molecular formula is C24H28F2N2O4. The molecule has 2 aromatic carbocycles. The van der Waals surface area contributed by atoms with E-state index in [1.54, 1.807) is 38.1 Å². The van der Waals surface area contributed by atoms with Gasteiger partial charge in [0.05, 0.1) is 11.8 Å². The van der Waals surface area contributed by atoms with Gasteiger partial charge in [-0.05, 0) is 49.4 Å². The lowest BCUT2D eigenvalue weighted by atomic mass is 10.0. The number of carbonyl (C=O) groups excluding carboxylic acids is 2. The predicted octanol–water partition coefficient (Wildman–Crippen LogP) is 4.31. The molecule has 1 aliphatic rings. The Labute approximate surface area is 186 Å². The number of carbonyl (C=O) groups is 2. The number of amides is 2. The number of benzene rings is 2. The standard InChI is InChI=1S/C24H28F2N2O4/c1-15(2)22(28-23(29)21-17(25)9-7-10-18(21)26)24(30)27-19-11-3-4-12-20(19)32-14-16-8-5-6-13-31-16/h3-4,7,9-12,15-16,22H,5-6,8,13-14H2,1-2H3,(H,27,30)(H,28,29). The Morgan fingerprint density at radius 1 is 1.09 bits per heavy atom. The summed E-state index contributed by atoms with van der Waals surface area (Å²) in [6.45, 7) is 4.53. The predicted molar refractivity (Wildman–Crippen MR) is 117 cm³/mol. The molecule has 8 heteroatoms. The molecule has 32 heavy (non-hydrogen) atoms. The average molecular weight is 446 g/mol. The molecule has 0 spiro atoms. The van der Waals surface area contributed by atoms with E-state index in [-0.39, 0.29) is 12.0 Å².